The number of hydrogen-bond donors (Lipinski definition) is 1. The van der Waals surface area contributed by atoms with Crippen LogP contribution in [0, 0.1) is 11.8 Å². The van der Waals surface area contributed by atoms with Crippen LogP contribution in [-0.4, -0.2) is 33.9 Å². The van der Waals surface area contributed by atoms with Crippen LogP contribution < -0.4 is 5.32 Å². The summed E-state index contributed by atoms with van der Waals surface area (Å²) in [5, 5.41) is 4.17. The van der Waals surface area contributed by atoms with Gasteiger partial charge in [0.2, 0.25) is 0 Å². The number of piperidine rings is 1. The summed E-state index contributed by atoms with van der Waals surface area (Å²) >= 11 is 4.02. The Hall–Kier alpha value is -0.0200. The molecule has 146 valence electrons. The van der Waals surface area contributed by atoms with Crippen LogP contribution in [0.4, 0.5) is 0 Å². The van der Waals surface area contributed by atoms with Gasteiger partial charge in [-0.1, -0.05) is 60.5 Å². The van der Waals surface area contributed by atoms with Gasteiger partial charge < -0.3 is 10.2 Å². The average molecular weight is 421 g/mol. The van der Waals surface area contributed by atoms with E-state index in [1.165, 1.54) is 89.9 Å². The van der Waals surface area contributed by atoms with E-state index in [1.807, 2.05) is 0 Å². The van der Waals surface area contributed by atoms with Crippen molar-refractivity contribution < 1.29 is 0 Å². The maximum atomic E-state index is 4.17. The lowest BCUT2D eigenvalue weighted by Gasteiger charge is -2.48. The van der Waals surface area contributed by atoms with Gasteiger partial charge in [0, 0.05) is 34.7 Å². The molecule has 0 radical (unpaired) electrons. The zero-order chi connectivity index (χ0) is 17.5. The number of fused-ring (bicyclic) bond motifs is 2. The third kappa shape index (κ3) is 3.30. The molecule has 0 spiro atoms. The third-order valence-electron chi connectivity index (χ3n) is 8.32. The maximum absolute atomic E-state index is 4.17. The first-order valence-corrected chi connectivity index (χ1v) is 12.6. The van der Waals surface area contributed by atoms with E-state index >= 15 is 0 Å². The first-order chi connectivity index (χ1) is 12.8. The monoisotopic (exact) mass is 420 g/mol. The number of alkyl halides is 1. The highest BCUT2D eigenvalue weighted by Gasteiger charge is 2.45. The van der Waals surface area contributed by atoms with Crippen molar-refractivity contribution in [1.82, 2.24) is 10.2 Å². The summed E-state index contributed by atoms with van der Waals surface area (Å²) in [6.45, 7) is 0. The predicted molar refractivity (Wildman–Crippen MR) is 113 cm³/mol. The van der Waals surface area contributed by atoms with Crippen molar-refractivity contribution in [3.8, 4) is 0 Å². The molecule has 2 aliphatic heterocycles. The Bertz CT molecular complexity index is 526. The Morgan fingerprint density at radius 1 is 0.808 bits per heavy atom. The van der Waals surface area contributed by atoms with Crippen molar-refractivity contribution >= 4 is 15.9 Å². The molecule has 0 amide bonds. The highest BCUT2D eigenvalue weighted by Crippen LogP contribution is 2.45. The number of halogens is 1. The van der Waals surface area contributed by atoms with E-state index in [9.17, 15) is 0 Å². The van der Waals surface area contributed by atoms with Crippen LogP contribution in [0.15, 0.2) is 11.8 Å². The topological polar surface area (TPSA) is 15.3 Å². The lowest BCUT2D eigenvalue weighted by atomic mass is 9.77. The summed E-state index contributed by atoms with van der Waals surface area (Å²) in [4.78, 5) is 3.68. The fourth-order valence-corrected chi connectivity index (χ4v) is 7.95. The molecule has 6 atom stereocenters. The Balaban J connectivity index is 1.38. The normalized spacial score (nSPS) is 44.3. The van der Waals surface area contributed by atoms with E-state index in [-0.39, 0.29) is 0 Å². The molecule has 1 saturated heterocycles. The summed E-state index contributed by atoms with van der Waals surface area (Å²) < 4.78 is 0. The molecule has 3 saturated carbocycles. The molecule has 26 heavy (non-hydrogen) atoms. The zero-order valence-corrected chi connectivity index (χ0v) is 17.9. The van der Waals surface area contributed by atoms with E-state index in [4.69, 9.17) is 0 Å². The second-order valence-corrected chi connectivity index (χ2v) is 11.0. The van der Waals surface area contributed by atoms with Crippen LogP contribution in [-0.2, 0) is 0 Å². The van der Waals surface area contributed by atoms with Crippen molar-refractivity contribution in [2.45, 2.75) is 119 Å². The molecule has 6 unspecified atom stereocenters. The van der Waals surface area contributed by atoms with Crippen LogP contribution in [0.25, 0.3) is 0 Å². The minimum absolute atomic E-state index is 0.627. The van der Waals surface area contributed by atoms with Gasteiger partial charge in [-0.15, -0.1) is 0 Å². The van der Waals surface area contributed by atoms with Gasteiger partial charge in [0.05, 0.1) is 0 Å². The molecule has 1 N–H and O–H groups in total. The van der Waals surface area contributed by atoms with Crippen molar-refractivity contribution in [3.63, 3.8) is 0 Å². The minimum atomic E-state index is 0.627. The molecule has 0 aromatic heterocycles. The number of nitrogens with one attached hydrogen (secondary N) is 1. The third-order valence-corrected chi connectivity index (χ3v) is 9.35. The van der Waals surface area contributed by atoms with Gasteiger partial charge in [0.1, 0.15) is 0 Å². The molecule has 2 nitrogen and oxygen atoms in total. The largest absolute Gasteiger partial charge is 0.367 e. The van der Waals surface area contributed by atoms with Gasteiger partial charge >= 0.3 is 0 Å². The second-order valence-electron chi connectivity index (χ2n) is 9.84. The molecule has 0 aromatic rings. The van der Waals surface area contributed by atoms with Crippen LogP contribution in [0.5, 0.6) is 0 Å². The summed E-state index contributed by atoms with van der Waals surface area (Å²) in [5.41, 5.74) is 1.73. The fraction of sp³-hybridized carbons (Fsp3) is 0.913. The molecule has 5 aliphatic rings. The molecule has 3 heteroatoms. The van der Waals surface area contributed by atoms with Gasteiger partial charge in [-0.05, 0) is 63.2 Å². The number of hydrogen-bond acceptors (Lipinski definition) is 2. The summed E-state index contributed by atoms with van der Waals surface area (Å²) in [7, 11) is 0. The van der Waals surface area contributed by atoms with Crippen LogP contribution in [0.1, 0.15) is 89.9 Å². The zero-order valence-electron chi connectivity index (χ0n) is 16.3. The maximum Gasteiger partial charge on any atom is 0.0471 e. The van der Waals surface area contributed by atoms with E-state index < -0.39 is 0 Å². The second kappa shape index (κ2) is 7.78. The minimum Gasteiger partial charge on any atom is -0.367 e. The standard InChI is InChI=1S/C23H37BrN2/c24-19-11-6-8-16-13-14-20(25-23(16)19)22-15-17-7-4-5-12-21(17)26(22)18-9-2-1-3-10-18/h15-21,23,25H,1-14H2. The van der Waals surface area contributed by atoms with Crippen LogP contribution >= 0.6 is 15.9 Å². The molecule has 5 rings (SSSR count). The molecule has 0 aromatic carbocycles. The van der Waals surface area contributed by atoms with Crippen molar-refractivity contribution in [3.05, 3.63) is 11.8 Å². The molecular formula is C23H37BrN2. The Kier molecular flexibility index (Phi) is 5.39. The van der Waals surface area contributed by atoms with E-state index in [0.717, 1.165) is 23.9 Å². The molecule has 2 heterocycles. The Labute approximate surface area is 168 Å². The van der Waals surface area contributed by atoms with Crippen molar-refractivity contribution in [2.24, 2.45) is 11.8 Å². The van der Waals surface area contributed by atoms with Gasteiger partial charge in [-0.25, -0.2) is 0 Å². The Morgan fingerprint density at radius 2 is 1.62 bits per heavy atom. The number of rotatable bonds is 2. The van der Waals surface area contributed by atoms with Crippen molar-refractivity contribution in [1.29, 1.82) is 0 Å². The molecule has 0 bridgehead atoms. The van der Waals surface area contributed by atoms with Crippen LogP contribution in [0.3, 0.4) is 0 Å². The lowest BCUT2D eigenvalue weighted by Crippen LogP contribution is -2.56. The van der Waals surface area contributed by atoms with Gasteiger partial charge in [0.15, 0.2) is 0 Å². The van der Waals surface area contributed by atoms with Crippen LogP contribution in [0.2, 0.25) is 0 Å². The first kappa shape index (κ1) is 18.0. The highest BCUT2D eigenvalue weighted by atomic mass is 79.9. The predicted octanol–water partition coefficient (Wildman–Crippen LogP) is 5.76. The first-order valence-electron chi connectivity index (χ1n) is 11.7. The smallest absolute Gasteiger partial charge is 0.0471 e. The van der Waals surface area contributed by atoms with E-state index in [0.29, 0.717) is 16.9 Å². The Morgan fingerprint density at radius 3 is 2.50 bits per heavy atom. The van der Waals surface area contributed by atoms with Gasteiger partial charge in [-0.2, -0.15) is 0 Å². The average Bonchev–Trinajstić information content (AvgIpc) is 3.08. The molecular weight excluding hydrogens is 384 g/mol. The van der Waals surface area contributed by atoms with Crippen molar-refractivity contribution in [2.75, 3.05) is 0 Å². The molecule has 4 fully saturated rings. The number of nitrogens with zero attached hydrogens (tertiary/aromatic N) is 1. The molecule has 3 aliphatic carbocycles. The summed E-state index contributed by atoms with van der Waals surface area (Å²) in [6.07, 6.45) is 22.9. The van der Waals surface area contributed by atoms with E-state index in [1.54, 1.807) is 5.70 Å². The van der Waals surface area contributed by atoms with E-state index in [2.05, 4.69) is 32.2 Å². The quantitative estimate of drug-likeness (QED) is 0.570. The summed E-state index contributed by atoms with van der Waals surface area (Å²) in [6, 6.07) is 3.02. The van der Waals surface area contributed by atoms with Gasteiger partial charge in [-0.3, -0.25) is 0 Å². The van der Waals surface area contributed by atoms with Gasteiger partial charge in [0.25, 0.3) is 0 Å². The SMILES string of the molecule is BrC1CCCC2CCC(C3=CC4CCCCC4N3C3CCCCC3)NC12. The summed E-state index contributed by atoms with van der Waals surface area (Å²) in [5.74, 6) is 1.77. The fourth-order valence-electron chi connectivity index (χ4n) is 7.04. The highest BCUT2D eigenvalue weighted by molar-refractivity contribution is 9.09. The lowest BCUT2D eigenvalue weighted by molar-refractivity contribution is 0.0973.